The van der Waals surface area contributed by atoms with Crippen LogP contribution in [-0.4, -0.2) is 0 Å². The van der Waals surface area contributed by atoms with Gasteiger partial charge in [-0.15, -0.1) is 0 Å². The van der Waals surface area contributed by atoms with Crippen LogP contribution >= 0.6 is 0 Å². The molecule has 7 aromatic rings. The van der Waals surface area contributed by atoms with Crippen LogP contribution < -0.4 is 4.90 Å². The normalized spacial score (nSPS) is 33.3. The first-order valence-corrected chi connectivity index (χ1v) is 24.4. The molecule has 0 amide bonds. The standard InChI is InChI=1S/C61H55N/c1-36-44-25-39-30-47(33-44)61(59(36)31-39)56-13-7-5-11-52(56)54-35-50(21-23-58(54)61)62(48-18-16-41(17-19-48)43-15-14-40-8-2-3-9-42(40)32-43)49-20-22-57-53(34-49)51-10-4-6-12-55(51)60(57)45-26-37-24-38(28-45)29-46(60)27-37/h2-23,32,34-39,44-47,59H,24-31,33H2,1H3/t36-,37?,38?,39?,44?,45?,46?,47?,59?,60?,61?/m0/s1. The molecule has 0 radical (unpaired) electrons. The Kier molecular flexibility index (Phi) is 7.02. The molecule has 0 heterocycles. The molecule has 6 atom stereocenters. The lowest BCUT2D eigenvalue weighted by Crippen LogP contribution is -2.58. The Morgan fingerprint density at radius 3 is 1.58 bits per heavy atom. The topological polar surface area (TPSA) is 3.24 Å². The number of anilines is 3. The van der Waals surface area contributed by atoms with Gasteiger partial charge in [0, 0.05) is 27.9 Å². The molecule has 1 heteroatoms. The molecule has 0 saturated heterocycles. The van der Waals surface area contributed by atoms with E-state index in [0.29, 0.717) is 0 Å². The minimum atomic E-state index is 0.147. The average molecular weight is 802 g/mol. The third kappa shape index (κ3) is 4.41. The van der Waals surface area contributed by atoms with Crippen molar-refractivity contribution in [3.8, 4) is 33.4 Å². The molecule has 17 rings (SSSR count). The Hall–Kier alpha value is -5.40. The second kappa shape index (κ2) is 12.4. The summed E-state index contributed by atoms with van der Waals surface area (Å²) in [4.78, 5) is 2.60. The van der Waals surface area contributed by atoms with E-state index in [1.54, 1.807) is 22.3 Å². The first kappa shape index (κ1) is 35.1. The lowest BCUT2D eigenvalue weighted by molar-refractivity contribution is -0.0817. The Morgan fingerprint density at radius 2 is 0.903 bits per heavy atom. The number of fused-ring (bicyclic) bond motifs is 7. The average Bonchev–Trinajstić information content (AvgIpc) is 3.76. The Labute approximate surface area is 367 Å². The highest BCUT2D eigenvalue weighted by atomic mass is 15.1. The summed E-state index contributed by atoms with van der Waals surface area (Å²) in [5.41, 5.74) is 19.1. The van der Waals surface area contributed by atoms with Crippen LogP contribution in [0.25, 0.3) is 44.2 Å². The van der Waals surface area contributed by atoms with Crippen molar-refractivity contribution in [3.63, 3.8) is 0 Å². The highest BCUT2D eigenvalue weighted by Crippen LogP contribution is 2.72. The fraction of sp³-hybridized carbons (Fsp3) is 0.344. The minimum absolute atomic E-state index is 0.147. The van der Waals surface area contributed by atoms with Crippen LogP contribution in [-0.2, 0) is 10.8 Å². The van der Waals surface area contributed by atoms with Gasteiger partial charge in [0.1, 0.15) is 0 Å². The summed E-state index contributed by atoms with van der Waals surface area (Å²) >= 11 is 0. The van der Waals surface area contributed by atoms with Gasteiger partial charge >= 0.3 is 0 Å². The van der Waals surface area contributed by atoms with E-state index in [2.05, 4.69) is 163 Å². The van der Waals surface area contributed by atoms with Gasteiger partial charge in [-0.1, -0.05) is 116 Å². The molecular weight excluding hydrogens is 747 g/mol. The summed E-state index contributed by atoms with van der Waals surface area (Å²) in [5, 5.41) is 2.58. The summed E-state index contributed by atoms with van der Waals surface area (Å²) in [6.45, 7) is 2.62. The van der Waals surface area contributed by atoms with Gasteiger partial charge in [0.2, 0.25) is 0 Å². The summed E-state index contributed by atoms with van der Waals surface area (Å²) in [5.74, 6) is 7.53. The van der Waals surface area contributed by atoms with Crippen LogP contribution in [0, 0.1) is 53.3 Å². The number of hydrogen-bond acceptors (Lipinski definition) is 1. The molecule has 0 aliphatic heterocycles. The van der Waals surface area contributed by atoms with E-state index in [-0.39, 0.29) is 10.8 Å². The van der Waals surface area contributed by atoms with Gasteiger partial charge in [0.05, 0.1) is 0 Å². The molecule has 8 fully saturated rings. The van der Waals surface area contributed by atoms with E-state index < -0.39 is 0 Å². The molecule has 62 heavy (non-hydrogen) atoms. The van der Waals surface area contributed by atoms with Gasteiger partial charge in [-0.25, -0.2) is 0 Å². The van der Waals surface area contributed by atoms with Crippen LogP contribution in [0.4, 0.5) is 17.1 Å². The van der Waals surface area contributed by atoms with E-state index in [1.165, 1.54) is 119 Å². The SMILES string of the molecule is C[C@H]1C2CC3CC(C2)C2(c4ccccc4-c4cc(N(c5ccc(-c6ccc7ccccc7c6)cc5)c5ccc6c(c5)-c5ccccc5C65C6CC7CC(C6)CC5C7)ccc42)C1C3. The monoisotopic (exact) mass is 801 g/mol. The van der Waals surface area contributed by atoms with Crippen molar-refractivity contribution in [2.45, 2.75) is 75.5 Å². The first-order chi connectivity index (χ1) is 30.6. The van der Waals surface area contributed by atoms with Crippen molar-refractivity contribution >= 4 is 27.8 Å². The third-order valence-electron chi connectivity index (χ3n) is 19.4. The molecule has 0 N–H and O–H groups in total. The second-order valence-corrected chi connectivity index (χ2v) is 21.8. The maximum atomic E-state index is 2.62. The highest BCUT2D eigenvalue weighted by molar-refractivity contribution is 5.92. The molecule has 1 nitrogen and oxygen atoms in total. The van der Waals surface area contributed by atoms with Crippen molar-refractivity contribution in [2.24, 2.45) is 53.3 Å². The van der Waals surface area contributed by atoms with Gasteiger partial charge in [-0.05, 0) is 220 Å². The van der Waals surface area contributed by atoms with Gasteiger partial charge < -0.3 is 4.90 Å². The van der Waals surface area contributed by atoms with Crippen LogP contribution in [0.2, 0.25) is 0 Å². The summed E-state index contributed by atoms with van der Waals surface area (Å²) in [6.07, 6.45) is 12.8. The maximum Gasteiger partial charge on any atom is 0.0468 e. The lowest BCUT2D eigenvalue weighted by atomic mass is 9.40. The van der Waals surface area contributed by atoms with Crippen LogP contribution in [0.5, 0.6) is 0 Å². The Balaban J connectivity index is 0.907. The molecule has 304 valence electrons. The summed E-state index contributed by atoms with van der Waals surface area (Å²) in [7, 11) is 0. The van der Waals surface area contributed by atoms with Gasteiger partial charge in [0.25, 0.3) is 0 Å². The molecule has 10 aliphatic rings. The zero-order valence-corrected chi connectivity index (χ0v) is 35.9. The van der Waals surface area contributed by atoms with Crippen LogP contribution in [0.3, 0.4) is 0 Å². The highest BCUT2D eigenvalue weighted by Gasteiger charge is 2.64. The quantitative estimate of drug-likeness (QED) is 0.171. The zero-order valence-electron chi connectivity index (χ0n) is 35.9. The number of rotatable bonds is 4. The molecule has 0 aromatic heterocycles. The largest absolute Gasteiger partial charge is 0.310 e. The lowest BCUT2D eigenvalue weighted by Gasteiger charge is -2.63. The van der Waals surface area contributed by atoms with E-state index in [9.17, 15) is 0 Å². The number of benzene rings is 7. The smallest absolute Gasteiger partial charge is 0.0468 e. The summed E-state index contributed by atoms with van der Waals surface area (Å²) < 4.78 is 0. The third-order valence-corrected chi connectivity index (χ3v) is 19.4. The summed E-state index contributed by atoms with van der Waals surface area (Å²) in [6, 6.07) is 59.8. The van der Waals surface area contributed by atoms with Crippen molar-refractivity contribution in [1.29, 1.82) is 0 Å². The fourth-order valence-corrected chi connectivity index (χ4v) is 17.5. The van der Waals surface area contributed by atoms with Crippen LogP contribution in [0.1, 0.15) is 87.0 Å². The Bertz CT molecular complexity index is 2980. The van der Waals surface area contributed by atoms with Gasteiger partial charge in [-0.3, -0.25) is 0 Å². The molecular formula is C61H55N. The van der Waals surface area contributed by atoms with Crippen molar-refractivity contribution < 1.29 is 0 Å². The van der Waals surface area contributed by atoms with Crippen LogP contribution in [0.15, 0.2) is 152 Å². The second-order valence-electron chi connectivity index (χ2n) is 21.8. The predicted molar refractivity (Wildman–Crippen MR) is 255 cm³/mol. The van der Waals surface area contributed by atoms with Crippen molar-refractivity contribution in [2.75, 3.05) is 4.90 Å². The van der Waals surface area contributed by atoms with E-state index >= 15 is 0 Å². The first-order valence-electron chi connectivity index (χ1n) is 24.4. The molecule has 8 bridgehead atoms. The van der Waals surface area contributed by atoms with Gasteiger partial charge in [-0.2, -0.15) is 0 Å². The molecule has 5 unspecified atom stereocenters. The molecule has 10 aliphatic carbocycles. The maximum absolute atomic E-state index is 2.62. The number of nitrogens with zero attached hydrogens (tertiary/aromatic N) is 1. The van der Waals surface area contributed by atoms with Crippen molar-refractivity contribution in [3.05, 3.63) is 174 Å². The van der Waals surface area contributed by atoms with Crippen molar-refractivity contribution in [1.82, 2.24) is 0 Å². The Morgan fingerprint density at radius 1 is 0.387 bits per heavy atom. The molecule has 8 saturated carbocycles. The molecule has 7 aromatic carbocycles. The van der Waals surface area contributed by atoms with E-state index in [1.807, 2.05) is 0 Å². The molecule has 2 spiro atoms. The zero-order chi connectivity index (χ0) is 40.5. The van der Waals surface area contributed by atoms with E-state index in [4.69, 9.17) is 0 Å². The predicted octanol–water partition coefficient (Wildman–Crippen LogP) is 15.7. The fourth-order valence-electron chi connectivity index (χ4n) is 17.5. The van der Waals surface area contributed by atoms with E-state index in [0.717, 1.165) is 53.3 Å². The van der Waals surface area contributed by atoms with Gasteiger partial charge in [0.15, 0.2) is 0 Å². The number of hydrogen-bond donors (Lipinski definition) is 0. The minimum Gasteiger partial charge on any atom is -0.310 e.